The Labute approximate surface area is 177 Å². The molecule has 10 heteroatoms. The van der Waals surface area contributed by atoms with Gasteiger partial charge in [0.1, 0.15) is 5.82 Å². The number of anilines is 1. The average Bonchev–Trinajstić information content (AvgIpc) is 3.02. The number of imide groups is 1. The fraction of sp³-hybridized carbons (Fsp3) is 0.0952. The lowest BCUT2D eigenvalue weighted by molar-refractivity contribution is 0.0880. The minimum atomic E-state index is -3.75. The number of fused-ring (bicyclic) bond motifs is 1. The van der Waals surface area contributed by atoms with Crippen LogP contribution in [0.5, 0.6) is 0 Å². The van der Waals surface area contributed by atoms with Crippen LogP contribution in [0.1, 0.15) is 26.3 Å². The SMILES string of the molecule is Nc1c2c(cc(=O)n1-c1ccc(S(=O)(=O)NCCc3ccccc3)cc1)C(=O)NC2=O. The van der Waals surface area contributed by atoms with E-state index in [2.05, 4.69) is 10.0 Å². The minimum Gasteiger partial charge on any atom is -0.384 e. The van der Waals surface area contributed by atoms with Gasteiger partial charge in [0.25, 0.3) is 17.4 Å². The van der Waals surface area contributed by atoms with Crippen LogP contribution in [0.3, 0.4) is 0 Å². The molecule has 0 saturated heterocycles. The summed E-state index contributed by atoms with van der Waals surface area (Å²) in [5.41, 5.74) is 6.49. The summed E-state index contributed by atoms with van der Waals surface area (Å²) >= 11 is 0. The molecule has 2 aromatic carbocycles. The molecular formula is C21H18N4O5S. The number of sulfonamides is 1. The van der Waals surface area contributed by atoms with Gasteiger partial charge < -0.3 is 5.73 Å². The first-order valence-corrected chi connectivity index (χ1v) is 10.8. The fourth-order valence-corrected chi connectivity index (χ4v) is 4.41. The first-order chi connectivity index (χ1) is 14.8. The van der Waals surface area contributed by atoms with Gasteiger partial charge >= 0.3 is 0 Å². The standard InChI is InChI=1S/C21H18N4O5S/c22-19-18-16(20(27)24-21(18)28)12-17(26)25(19)14-6-8-15(9-7-14)31(29,30)23-11-10-13-4-2-1-3-5-13/h1-9,12,23H,10-11,22H2,(H,24,27,28). The Bertz CT molecular complexity index is 1350. The predicted molar refractivity (Wildman–Crippen MR) is 114 cm³/mol. The Hall–Kier alpha value is -3.76. The van der Waals surface area contributed by atoms with Crippen molar-refractivity contribution in [3.05, 3.63) is 87.7 Å². The molecule has 4 N–H and O–H groups in total. The van der Waals surface area contributed by atoms with E-state index in [0.29, 0.717) is 6.42 Å². The topological polar surface area (TPSA) is 140 Å². The Balaban J connectivity index is 1.57. The number of pyridine rings is 1. The number of hydrogen-bond acceptors (Lipinski definition) is 6. The molecular weight excluding hydrogens is 420 g/mol. The maximum absolute atomic E-state index is 12.5. The van der Waals surface area contributed by atoms with E-state index < -0.39 is 27.4 Å². The van der Waals surface area contributed by atoms with Crippen molar-refractivity contribution in [1.29, 1.82) is 0 Å². The second kappa shape index (κ2) is 7.82. The van der Waals surface area contributed by atoms with Gasteiger partial charge in [-0.15, -0.1) is 0 Å². The number of nitrogens with two attached hydrogens (primary N) is 1. The van der Waals surface area contributed by atoms with E-state index in [9.17, 15) is 22.8 Å². The van der Waals surface area contributed by atoms with Crippen molar-refractivity contribution in [2.75, 3.05) is 12.3 Å². The van der Waals surface area contributed by atoms with Crippen molar-refractivity contribution in [3.8, 4) is 5.69 Å². The van der Waals surface area contributed by atoms with E-state index in [1.54, 1.807) is 0 Å². The third kappa shape index (κ3) is 3.86. The van der Waals surface area contributed by atoms with Crippen LogP contribution in [-0.2, 0) is 16.4 Å². The fourth-order valence-electron chi connectivity index (χ4n) is 3.38. The van der Waals surface area contributed by atoms with Crippen molar-refractivity contribution in [2.45, 2.75) is 11.3 Å². The zero-order valence-electron chi connectivity index (χ0n) is 16.2. The van der Waals surface area contributed by atoms with E-state index in [1.807, 2.05) is 30.3 Å². The summed E-state index contributed by atoms with van der Waals surface area (Å²) in [5.74, 6) is -1.56. The summed E-state index contributed by atoms with van der Waals surface area (Å²) in [5, 5.41) is 2.09. The molecule has 1 aromatic heterocycles. The molecule has 0 saturated carbocycles. The summed E-state index contributed by atoms with van der Waals surface area (Å²) in [7, 11) is -3.75. The van der Waals surface area contributed by atoms with Crippen molar-refractivity contribution in [1.82, 2.24) is 14.6 Å². The molecule has 0 aliphatic carbocycles. The highest BCUT2D eigenvalue weighted by Crippen LogP contribution is 2.23. The Morgan fingerprint density at radius 3 is 2.29 bits per heavy atom. The smallest absolute Gasteiger partial charge is 0.262 e. The van der Waals surface area contributed by atoms with Crippen LogP contribution < -0.4 is 21.3 Å². The molecule has 0 spiro atoms. The summed E-state index contributed by atoms with van der Waals surface area (Å²) in [6.07, 6.45) is 0.542. The zero-order chi connectivity index (χ0) is 22.2. The number of nitrogens with one attached hydrogen (secondary N) is 2. The molecule has 1 aliphatic rings. The molecule has 0 unspecified atom stereocenters. The van der Waals surface area contributed by atoms with Crippen LogP contribution in [0.2, 0.25) is 0 Å². The Morgan fingerprint density at radius 1 is 0.935 bits per heavy atom. The largest absolute Gasteiger partial charge is 0.384 e. The van der Waals surface area contributed by atoms with Crippen LogP contribution in [0.15, 0.2) is 70.4 Å². The van der Waals surface area contributed by atoms with Gasteiger partial charge in [0.15, 0.2) is 0 Å². The second-order valence-corrected chi connectivity index (χ2v) is 8.67. The molecule has 4 rings (SSSR count). The van der Waals surface area contributed by atoms with E-state index in [1.165, 1.54) is 24.3 Å². The molecule has 9 nitrogen and oxygen atoms in total. The molecule has 31 heavy (non-hydrogen) atoms. The third-order valence-corrected chi connectivity index (χ3v) is 6.38. The highest BCUT2D eigenvalue weighted by Gasteiger charge is 2.31. The highest BCUT2D eigenvalue weighted by molar-refractivity contribution is 7.89. The number of amides is 2. The lowest BCUT2D eigenvalue weighted by Gasteiger charge is -2.13. The van der Waals surface area contributed by atoms with Gasteiger partial charge in [0, 0.05) is 12.6 Å². The van der Waals surface area contributed by atoms with Crippen molar-refractivity contribution >= 4 is 27.7 Å². The normalized spacial score (nSPS) is 13.2. The Kier molecular flexibility index (Phi) is 5.17. The van der Waals surface area contributed by atoms with Crippen LogP contribution in [0.4, 0.5) is 5.82 Å². The monoisotopic (exact) mass is 438 g/mol. The molecule has 0 radical (unpaired) electrons. The Morgan fingerprint density at radius 2 is 1.61 bits per heavy atom. The van der Waals surface area contributed by atoms with Crippen LogP contribution >= 0.6 is 0 Å². The molecule has 3 aromatic rings. The van der Waals surface area contributed by atoms with Gasteiger partial charge in [-0.05, 0) is 36.2 Å². The maximum Gasteiger partial charge on any atom is 0.262 e. The second-order valence-electron chi connectivity index (χ2n) is 6.90. The van der Waals surface area contributed by atoms with Crippen LogP contribution in [-0.4, -0.2) is 31.3 Å². The number of aromatic nitrogens is 1. The zero-order valence-corrected chi connectivity index (χ0v) is 17.0. The average molecular weight is 438 g/mol. The van der Waals surface area contributed by atoms with Crippen molar-refractivity contribution in [3.63, 3.8) is 0 Å². The van der Waals surface area contributed by atoms with Gasteiger partial charge in [0.05, 0.1) is 21.7 Å². The molecule has 2 heterocycles. The molecule has 0 bridgehead atoms. The van der Waals surface area contributed by atoms with Gasteiger partial charge in [0.2, 0.25) is 10.0 Å². The van der Waals surface area contributed by atoms with E-state index in [-0.39, 0.29) is 34.1 Å². The minimum absolute atomic E-state index is 0.0185. The van der Waals surface area contributed by atoms with Crippen molar-refractivity contribution < 1.29 is 18.0 Å². The van der Waals surface area contributed by atoms with Gasteiger partial charge in [-0.3, -0.25) is 24.3 Å². The first kappa shape index (κ1) is 20.5. The summed E-state index contributed by atoms with van der Waals surface area (Å²) in [6, 6.07) is 16.0. The van der Waals surface area contributed by atoms with E-state index in [4.69, 9.17) is 5.73 Å². The third-order valence-electron chi connectivity index (χ3n) is 4.91. The molecule has 158 valence electrons. The number of benzene rings is 2. The van der Waals surface area contributed by atoms with Gasteiger partial charge in [-0.1, -0.05) is 30.3 Å². The summed E-state index contributed by atoms with van der Waals surface area (Å²) < 4.78 is 28.7. The van der Waals surface area contributed by atoms with Crippen LogP contribution in [0.25, 0.3) is 5.69 Å². The lowest BCUT2D eigenvalue weighted by Crippen LogP contribution is -2.26. The van der Waals surface area contributed by atoms with Crippen molar-refractivity contribution in [2.24, 2.45) is 0 Å². The number of nitrogens with zero attached hydrogens (tertiary/aromatic N) is 1. The summed E-state index contributed by atoms with van der Waals surface area (Å²) in [6.45, 7) is 0.231. The predicted octanol–water partition coefficient (Wildman–Crippen LogP) is 0.824. The number of nitrogen functional groups attached to an aromatic ring is 1. The molecule has 0 atom stereocenters. The number of carbonyl (C=O) groups is 2. The maximum atomic E-state index is 12.5. The van der Waals surface area contributed by atoms with Crippen LogP contribution in [0, 0.1) is 0 Å². The summed E-state index contributed by atoms with van der Waals surface area (Å²) in [4.78, 5) is 36.2. The number of rotatable bonds is 6. The molecule has 0 fully saturated rings. The van der Waals surface area contributed by atoms with Gasteiger partial charge in [-0.2, -0.15) is 0 Å². The van der Waals surface area contributed by atoms with E-state index in [0.717, 1.165) is 16.2 Å². The lowest BCUT2D eigenvalue weighted by atomic mass is 10.1. The van der Waals surface area contributed by atoms with Gasteiger partial charge in [-0.25, -0.2) is 13.1 Å². The highest BCUT2D eigenvalue weighted by atomic mass is 32.2. The number of carbonyl (C=O) groups excluding carboxylic acids is 2. The first-order valence-electron chi connectivity index (χ1n) is 9.33. The molecule has 1 aliphatic heterocycles. The quantitative estimate of drug-likeness (QED) is 0.487. The van der Waals surface area contributed by atoms with E-state index >= 15 is 0 Å². The molecule has 2 amide bonds. The number of hydrogen-bond donors (Lipinski definition) is 3.